The first kappa shape index (κ1) is 18.8. The molecule has 124 valence electrons. The Balaban J connectivity index is 3.19. The van der Waals surface area contributed by atoms with Gasteiger partial charge in [-0.15, -0.1) is 6.58 Å². The quantitative estimate of drug-likeness (QED) is 0.328. The number of phenols is 2. The summed E-state index contributed by atoms with van der Waals surface area (Å²) in [6.45, 7) is 5.47. The average Bonchev–Trinajstić information content (AvgIpc) is 2.50. The smallest absolute Gasteiger partial charge is 0.342 e. The average molecular weight is 339 g/mol. The number of halogens is 1. The Morgan fingerprint density at radius 2 is 2.04 bits per heavy atom. The predicted molar refractivity (Wildman–Crippen MR) is 88.0 cm³/mol. The highest BCUT2D eigenvalue weighted by atomic mass is 35.5. The van der Waals surface area contributed by atoms with E-state index in [0.717, 1.165) is 6.07 Å². The molecule has 0 unspecified atom stereocenters. The Morgan fingerprint density at radius 1 is 1.35 bits per heavy atom. The van der Waals surface area contributed by atoms with Crippen LogP contribution in [0.5, 0.6) is 11.5 Å². The van der Waals surface area contributed by atoms with Gasteiger partial charge in [-0.25, -0.2) is 4.79 Å². The van der Waals surface area contributed by atoms with Gasteiger partial charge in [0.15, 0.2) is 5.78 Å². The van der Waals surface area contributed by atoms with E-state index in [4.69, 9.17) is 16.3 Å². The number of carbonyl (C=O) groups excluding carboxylic acids is 2. The highest BCUT2D eigenvalue weighted by molar-refractivity contribution is 6.33. The minimum Gasteiger partial charge on any atom is -0.507 e. The third-order valence-electron chi connectivity index (χ3n) is 2.97. The van der Waals surface area contributed by atoms with Crippen molar-refractivity contribution in [3.05, 3.63) is 47.0 Å². The Hall–Kier alpha value is -2.27. The number of phenolic OH excluding ortho intramolecular Hbond substituents is 2. The Bertz CT molecular complexity index is 634. The van der Waals surface area contributed by atoms with E-state index in [-0.39, 0.29) is 35.0 Å². The third-order valence-corrected chi connectivity index (χ3v) is 3.39. The first-order chi connectivity index (χ1) is 10.9. The molecule has 1 aromatic carbocycles. The topological polar surface area (TPSA) is 83.8 Å². The van der Waals surface area contributed by atoms with E-state index in [1.165, 1.54) is 6.08 Å². The molecule has 1 rings (SSSR count). The van der Waals surface area contributed by atoms with Gasteiger partial charge in [-0.3, -0.25) is 4.79 Å². The number of benzene rings is 1. The summed E-state index contributed by atoms with van der Waals surface area (Å²) in [4.78, 5) is 24.0. The van der Waals surface area contributed by atoms with Crippen LogP contribution < -0.4 is 0 Å². The number of esters is 1. The van der Waals surface area contributed by atoms with Gasteiger partial charge in [0, 0.05) is 18.1 Å². The van der Waals surface area contributed by atoms with Crippen LogP contribution in [0.3, 0.4) is 0 Å². The minimum absolute atomic E-state index is 0.0403. The zero-order valence-corrected chi connectivity index (χ0v) is 13.6. The number of hydrogen-bond acceptors (Lipinski definition) is 5. The van der Waals surface area contributed by atoms with Crippen molar-refractivity contribution >= 4 is 23.4 Å². The Labute approximate surface area is 139 Å². The van der Waals surface area contributed by atoms with Crippen molar-refractivity contribution < 1.29 is 24.5 Å². The van der Waals surface area contributed by atoms with Crippen molar-refractivity contribution in [2.75, 3.05) is 6.61 Å². The first-order valence-electron chi connectivity index (χ1n) is 7.13. The molecule has 0 aromatic heterocycles. The Morgan fingerprint density at radius 3 is 2.65 bits per heavy atom. The van der Waals surface area contributed by atoms with E-state index in [1.807, 2.05) is 6.92 Å². The van der Waals surface area contributed by atoms with Gasteiger partial charge in [0.1, 0.15) is 17.1 Å². The van der Waals surface area contributed by atoms with Gasteiger partial charge >= 0.3 is 5.97 Å². The number of allylic oxidation sites excluding steroid dienone is 2. The number of aromatic hydroxyl groups is 2. The second-order valence-electron chi connectivity index (χ2n) is 4.75. The fourth-order valence-corrected chi connectivity index (χ4v) is 2.08. The lowest BCUT2D eigenvalue weighted by Crippen LogP contribution is -2.12. The molecule has 0 spiro atoms. The monoisotopic (exact) mass is 338 g/mol. The molecule has 0 heterocycles. The zero-order valence-electron chi connectivity index (χ0n) is 12.8. The number of ketones is 1. The molecule has 23 heavy (non-hydrogen) atoms. The summed E-state index contributed by atoms with van der Waals surface area (Å²) >= 11 is 5.99. The maximum Gasteiger partial charge on any atom is 0.342 e. The summed E-state index contributed by atoms with van der Waals surface area (Å²) in [7, 11) is 0. The molecule has 0 saturated carbocycles. The number of carbonyl (C=O) groups is 2. The molecule has 0 bridgehead atoms. The molecule has 0 aliphatic carbocycles. The molecule has 1 aromatic rings. The van der Waals surface area contributed by atoms with Crippen LogP contribution >= 0.6 is 11.6 Å². The molecule has 0 aliphatic heterocycles. The van der Waals surface area contributed by atoms with Crippen molar-refractivity contribution in [3.8, 4) is 11.5 Å². The molecular weight excluding hydrogens is 320 g/mol. The SMILES string of the molecule is C=CCCOC(=O)c1c(O)cc(O)c(Cl)c1CC(=O)/C=C/CC. The molecule has 0 fully saturated rings. The summed E-state index contributed by atoms with van der Waals surface area (Å²) in [5, 5.41) is 19.5. The number of rotatable bonds is 8. The molecule has 6 heteroatoms. The van der Waals surface area contributed by atoms with E-state index in [1.54, 1.807) is 12.2 Å². The van der Waals surface area contributed by atoms with Gasteiger partial charge in [0.25, 0.3) is 0 Å². The summed E-state index contributed by atoms with van der Waals surface area (Å²) in [5.41, 5.74) is -0.173. The normalized spacial score (nSPS) is 10.7. The van der Waals surface area contributed by atoms with Crippen LogP contribution in [0.4, 0.5) is 0 Å². The second-order valence-corrected chi connectivity index (χ2v) is 5.13. The maximum atomic E-state index is 12.1. The highest BCUT2D eigenvalue weighted by Crippen LogP contribution is 2.37. The fraction of sp³-hybridized carbons (Fsp3) is 0.294. The van der Waals surface area contributed by atoms with E-state index >= 15 is 0 Å². The third kappa shape index (κ3) is 5.14. The van der Waals surface area contributed by atoms with Gasteiger partial charge in [-0.2, -0.15) is 0 Å². The second kappa shape index (κ2) is 9.00. The molecule has 0 saturated heterocycles. The standard InChI is InChI=1S/C17H19ClO5/c1-3-5-7-11(19)9-12-15(17(22)23-8-6-4-2)13(20)10-14(21)16(12)18/h4-5,7,10,20-21H,2-3,6,8-9H2,1H3/b7-5+. The first-order valence-corrected chi connectivity index (χ1v) is 7.50. The van der Waals surface area contributed by atoms with Crippen LogP contribution in [0, 0.1) is 0 Å². The molecule has 0 atom stereocenters. The summed E-state index contributed by atoms with van der Waals surface area (Å²) < 4.78 is 5.01. The van der Waals surface area contributed by atoms with Crippen LogP contribution in [-0.4, -0.2) is 28.6 Å². The van der Waals surface area contributed by atoms with E-state index < -0.39 is 17.5 Å². The predicted octanol–water partition coefficient (Wildman–Crippen LogP) is 3.56. The molecular formula is C17H19ClO5. The highest BCUT2D eigenvalue weighted by Gasteiger charge is 2.24. The summed E-state index contributed by atoms with van der Waals surface area (Å²) in [6, 6.07) is 0.947. The van der Waals surface area contributed by atoms with Crippen LogP contribution in [-0.2, 0) is 16.0 Å². The van der Waals surface area contributed by atoms with Gasteiger partial charge in [-0.1, -0.05) is 30.7 Å². The molecule has 2 N–H and O–H groups in total. The van der Waals surface area contributed by atoms with E-state index in [2.05, 4.69) is 6.58 Å². The van der Waals surface area contributed by atoms with Crippen LogP contribution in [0.1, 0.15) is 35.7 Å². The van der Waals surface area contributed by atoms with Gasteiger partial charge in [-0.05, 0) is 18.9 Å². The lowest BCUT2D eigenvalue weighted by molar-refractivity contribution is -0.114. The summed E-state index contributed by atoms with van der Waals surface area (Å²) in [5.74, 6) is -2.01. The van der Waals surface area contributed by atoms with Crippen molar-refractivity contribution in [3.63, 3.8) is 0 Å². The maximum absolute atomic E-state index is 12.1. The van der Waals surface area contributed by atoms with Gasteiger partial charge in [0.05, 0.1) is 11.6 Å². The largest absolute Gasteiger partial charge is 0.507 e. The van der Waals surface area contributed by atoms with Gasteiger partial charge < -0.3 is 14.9 Å². The zero-order chi connectivity index (χ0) is 17.4. The van der Waals surface area contributed by atoms with E-state index in [0.29, 0.717) is 12.8 Å². The van der Waals surface area contributed by atoms with Crippen LogP contribution in [0.25, 0.3) is 0 Å². The molecule has 0 aliphatic rings. The van der Waals surface area contributed by atoms with Crippen molar-refractivity contribution in [1.29, 1.82) is 0 Å². The minimum atomic E-state index is -0.812. The lowest BCUT2D eigenvalue weighted by Gasteiger charge is -2.13. The summed E-state index contributed by atoms with van der Waals surface area (Å²) in [6.07, 6.45) is 5.51. The van der Waals surface area contributed by atoms with Gasteiger partial charge in [0.2, 0.25) is 0 Å². The van der Waals surface area contributed by atoms with E-state index in [9.17, 15) is 19.8 Å². The van der Waals surface area contributed by atoms with Crippen LogP contribution in [0.15, 0.2) is 30.9 Å². The van der Waals surface area contributed by atoms with Crippen LogP contribution in [0.2, 0.25) is 5.02 Å². The van der Waals surface area contributed by atoms with Crippen molar-refractivity contribution in [2.24, 2.45) is 0 Å². The molecule has 0 amide bonds. The lowest BCUT2D eigenvalue weighted by atomic mass is 10.00. The number of hydrogen-bond donors (Lipinski definition) is 2. The Kier molecular flexibility index (Phi) is 7.35. The number of ether oxygens (including phenoxy) is 1. The molecule has 5 nitrogen and oxygen atoms in total. The molecule has 0 radical (unpaired) electrons. The van der Waals surface area contributed by atoms with Crippen molar-refractivity contribution in [1.82, 2.24) is 0 Å². The fourth-order valence-electron chi connectivity index (χ4n) is 1.87. The van der Waals surface area contributed by atoms with Crippen molar-refractivity contribution in [2.45, 2.75) is 26.2 Å².